The fourth-order valence-corrected chi connectivity index (χ4v) is 5.93. The Labute approximate surface area is 259 Å². The van der Waals surface area contributed by atoms with Gasteiger partial charge in [0, 0.05) is 22.3 Å². The highest BCUT2D eigenvalue weighted by molar-refractivity contribution is 8.00. The van der Waals surface area contributed by atoms with Crippen molar-refractivity contribution in [1.82, 2.24) is 0 Å². The zero-order valence-electron chi connectivity index (χ0n) is 21.1. The number of ether oxygens (including phenoxy) is 1. The average Bonchev–Trinajstić information content (AvgIpc) is 2.97. The standard InChI is InChI=1S/C29H20Cl4N2O5S/c1-40-18-11-5-9-16(13-18)35-28(37)26(15-7-3-2-4-8-15)41-19-12-6-10-17(14-19)34-27(36)20-21(29(38)39)23(31)25(33)24(32)22(20)30/h2-14,26H,1H3,(H,34,36)(H,35,37)(H,38,39). The Hall–Kier alpha value is -3.40. The lowest BCUT2D eigenvalue weighted by Crippen LogP contribution is -2.19. The van der Waals surface area contributed by atoms with E-state index in [1.54, 1.807) is 55.6 Å². The molecule has 0 spiro atoms. The van der Waals surface area contributed by atoms with Crippen molar-refractivity contribution in [2.45, 2.75) is 10.1 Å². The second-order valence-corrected chi connectivity index (χ2v) is 11.1. The van der Waals surface area contributed by atoms with Crippen LogP contribution in [-0.2, 0) is 4.79 Å². The maximum atomic E-state index is 13.4. The highest BCUT2D eigenvalue weighted by Gasteiger charge is 2.29. The lowest BCUT2D eigenvalue weighted by atomic mass is 10.1. The van der Waals surface area contributed by atoms with Crippen LogP contribution in [0.4, 0.5) is 11.4 Å². The van der Waals surface area contributed by atoms with Gasteiger partial charge in [0.15, 0.2) is 0 Å². The molecule has 0 fully saturated rings. The minimum absolute atomic E-state index is 0.245. The number of benzene rings is 4. The minimum atomic E-state index is -1.50. The van der Waals surface area contributed by atoms with Gasteiger partial charge in [-0.1, -0.05) is 88.9 Å². The molecule has 1 atom stereocenters. The number of carbonyl (C=O) groups is 3. The van der Waals surface area contributed by atoms with Crippen LogP contribution in [0.2, 0.25) is 20.1 Å². The SMILES string of the molecule is COc1cccc(NC(=O)C(Sc2cccc(NC(=O)c3c(Cl)c(Cl)c(Cl)c(Cl)c3C(=O)O)c2)c2ccccc2)c1. The summed E-state index contributed by atoms with van der Waals surface area (Å²) in [6.45, 7) is 0. The van der Waals surface area contributed by atoms with E-state index in [-0.39, 0.29) is 21.0 Å². The molecule has 0 saturated heterocycles. The summed E-state index contributed by atoms with van der Waals surface area (Å²) in [4.78, 5) is 39.2. The first-order chi connectivity index (χ1) is 19.6. The van der Waals surface area contributed by atoms with Gasteiger partial charge in [0.2, 0.25) is 5.91 Å². The molecule has 210 valence electrons. The Bertz CT molecular complexity index is 1640. The first-order valence-electron chi connectivity index (χ1n) is 11.8. The number of rotatable bonds is 9. The van der Waals surface area contributed by atoms with Crippen molar-refractivity contribution in [2.75, 3.05) is 17.7 Å². The molecular weight excluding hydrogens is 630 g/mol. The van der Waals surface area contributed by atoms with Crippen LogP contribution in [0.1, 0.15) is 31.5 Å². The maximum absolute atomic E-state index is 13.4. The van der Waals surface area contributed by atoms with E-state index in [1.165, 1.54) is 11.8 Å². The highest BCUT2D eigenvalue weighted by Crippen LogP contribution is 2.42. The van der Waals surface area contributed by atoms with Gasteiger partial charge >= 0.3 is 5.97 Å². The molecule has 0 aliphatic carbocycles. The molecule has 1 unspecified atom stereocenters. The van der Waals surface area contributed by atoms with E-state index < -0.39 is 33.3 Å². The first kappa shape index (κ1) is 30.6. The van der Waals surface area contributed by atoms with E-state index in [9.17, 15) is 19.5 Å². The van der Waals surface area contributed by atoms with E-state index in [2.05, 4.69) is 10.6 Å². The monoisotopic (exact) mass is 648 g/mol. The van der Waals surface area contributed by atoms with Crippen LogP contribution in [-0.4, -0.2) is 30.0 Å². The molecule has 0 saturated carbocycles. The number of methoxy groups -OCH3 is 1. The normalized spacial score (nSPS) is 11.4. The Morgan fingerprint density at radius 3 is 2.00 bits per heavy atom. The second-order valence-electron chi connectivity index (χ2n) is 8.42. The van der Waals surface area contributed by atoms with Crippen molar-refractivity contribution >= 4 is 87.3 Å². The third kappa shape index (κ3) is 7.09. The number of carboxylic acid groups (broad SMARTS) is 1. The Morgan fingerprint density at radius 2 is 1.37 bits per heavy atom. The molecule has 41 heavy (non-hydrogen) atoms. The largest absolute Gasteiger partial charge is 0.497 e. The molecule has 3 N–H and O–H groups in total. The quantitative estimate of drug-likeness (QED) is 0.0951. The molecule has 0 aliphatic heterocycles. The van der Waals surface area contributed by atoms with Crippen LogP contribution >= 0.6 is 58.2 Å². The van der Waals surface area contributed by atoms with Gasteiger partial charge in [-0.25, -0.2) is 4.79 Å². The molecule has 0 aliphatic rings. The minimum Gasteiger partial charge on any atom is -0.497 e. The number of nitrogens with one attached hydrogen (secondary N) is 2. The van der Waals surface area contributed by atoms with E-state index in [0.29, 0.717) is 22.0 Å². The van der Waals surface area contributed by atoms with Gasteiger partial charge in [-0.2, -0.15) is 0 Å². The number of carbonyl (C=O) groups excluding carboxylic acids is 2. The number of thioether (sulfide) groups is 1. The summed E-state index contributed by atoms with van der Waals surface area (Å²) in [6, 6.07) is 22.9. The molecule has 4 rings (SSSR count). The van der Waals surface area contributed by atoms with Gasteiger partial charge in [0.05, 0.1) is 38.3 Å². The molecule has 0 bridgehead atoms. The van der Waals surface area contributed by atoms with Gasteiger partial charge < -0.3 is 20.5 Å². The van der Waals surface area contributed by atoms with E-state index in [0.717, 1.165) is 5.56 Å². The van der Waals surface area contributed by atoms with Gasteiger partial charge in [-0.05, 0) is 35.9 Å². The predicted molar refractivity (Wildman–Crippen MR) is 165 cm³/mol. The van der Waals surface area contributed by atoms with Crippen molar-refractivity contribution in [3.8, 4) is 5.75 Å². The summed E-state index contributed by atoms with van der Waals surface area (Å²) in [5.74, 6) is -2.03. The molecule has 12 heteroatoms. The van der Waals surface area contributed by atoms with Crippen LogP contribution in [0, 0.1) is 0 Å². The van der Waals surface area contributed by atoms with Crippen LogP contribution in [0.5, 0.6) is 5.75 Å². The molecule has 7 nitrogen and oxygen atoms in total. The number of aromatic carboxylic acids is 1. The van der Waals surface area contributed by atoms with Crippen molar-refractivity contribution in [1.29, 1.82) is 0 Å². The molecule has 0 heterocycles. The molecule has 0 radical (unpaired) electrons. The Morgan fingerprint density at radius 1 is 0.756 bits per heavy atom. The van der Waals surface area contributed by atoms with Crippen molar-refractivity contribution in [2.24, 2.45) is 0 Å². The number of anilines is 2. The van der Waals surface area contributed by atoms with Gasteiger partial charge in [-0.3, -0.25) is 9.59 Å². The zero-order chi connectivity index (χ0) is 29.7. The summed E-state index contributed by atoms with van der Waals surface area (Å²) in [6.07, 6.45) is 0. The van der Waals surface area contributed by atoms with Crippen LogP contribution in [0.25, 0.3) is 0 Å². The van der Waals surface area contributed by atoms with Crippen LogP contribution in [0.15, 0.2) is 83.8 Å². The van der Waals surface area contributed by atoms with Crippen molar-refractivity contribution in [3.05, 3.63) is 116 Å². The van der Waals surface area contributed by atoms with E-state index >= 15 is 0 Å². The third-order valence-corrected chi connectivity index (χ3v) is 8.78. The summed E-state index contributed by atoms with van der Waals surface area (Å²) in [5, 5.41) is 13.3. The predicted octanol–water partition coefficient (Wildman–Crippen LogP) is 8.73. The van der Waals surface area contributed by atoms with E-state index in [1.807, 2.05) is 30.3 Å². The molecule has 2 amide bonds. The number of carboxylic acids is 1. The Balaban J connectivity index is 1.62. The number of hydrogen-bond donors (Lipinski definition) is 3. The highest BCUT2D eigenvalue weighted by atomic mass is 35.5. The molecular formula is C29H20Cl4N2O5S. The summed E-state index contributed by atoms with van der Waals surface area (Å²) in [7, 11) is 1.54. The average molecular weight is 650 g/mol. The Kier molecular flexibility index (Phi) is 10.1. The third-order valence-electron chi connectivity index (χ3n) is 5.73. The lowest BCUT2D eigenvalue weighted by Gasteiger charge is -2.18. The summed E-state index contributed by atoms with van der Waals surface area (Å²) in [5.41, 5.74) is 0.637. The van der Waals surface area contributed by atoms with Gasteiger partial charge in [-0.15, -0.1) is 11.8 Å². The van der Waals surface area contributed by atoms with E-state index in [4.69, 9.17) is 51.1 Å². The number of hydrogen-bond acceptors (Lipinski definition) is 5. The van der Waals surface area contributed by atoms with Crippen molar-refractivity contribution < 1.29 is 24.2 Å². The molecule has 4 aromatic rings. The summed E-state index contributed by atoms with van der Waals surface area (Å²) < 4.78 is 5.25. The van der Waals surface area contributed by atoms with Crippen LogP contribution < -0.4 is 15.4 Å². The zero-order valence-corrected chi connectivity index (χ0v) is 24.9. The van der Waals surface area contributed by atoms with Gasteiger partial charge in [0.1, 0.15) is 11.0 Å². The topological polar surface area (TPSA) is 105 Å². The fourth-order valence-electron chi connectivity index (χ4n) is 3.83. The number of amides is 2. The van der Waals surface area contributed by atoms with Crippen molar-refractivity contribution in [3.63, 3.8) is 0 Å². The fraction of sp³-hybridized carbons (Fsp3) is 0.0690. The maximum Gasteiger partial charge on any atom is 0.338 e. The lowest BCUT2D eigenvalue weighted by molar-refractivity contribution is -0.115. The number of halogens is 4. The smallest absolute Gasteiger partial charge is 0.338 e. The molecule has 4 aromatic carbocycles. The molecule has 0 aromatic heterocycles. The van der Waals surface area contributed by atoms with Gasteiger partial charge in [0.25, 0.3) is 5.91 Å². The first-order valence-corrected chi connectivity index (χ1v) is 14.2. The van der Waals surface area contributed by atoms with Crippen LogP contribution in [0.3, 0.4) is 0 Å². The second kappa shape index (κ2) is 13.5. The summed E-state index contributed by atoms with van der Waals surface area (Å²) >= 11 is 25.6.